The van der Waals surface area contributed by atoms with Crippen LogP contribution in [0.25, 0.3) is 0 Å². The third kappa shape index (κ3) is 2.98. The lowest BCUT2D eigenvalue weighted by molar-refractivity contribution is -0.117. The number of anilines is 1. The fraction of sp³-hybridized carbons (Fsp3) is 0.500. The lowest BCUT2D eigenvalue weighted by Gasteiger charge is -2.13. The average Bonchev–Trinajstić information content (AvgIpc) is 3.29. The number of rotatable bonds is 5. The van der Waals surface area contributed by atoms with Crippen LogP contribution in [0, 0.1) is 0 Å². The van der Waals surface area contributed by atoms with Crippen LogP contribution in [-0.4, -0.2) is 57.6 Å². The molecule has 1 N–H and O–H groups in total. The number of carbonyl (C=O) groups excluding carboxylic acids is 2. The highest BCUT2D eigenvalue weighted by atomic mass is 32.2. The number of fused-ring (bicyclic) bond motifs is 1. The van der Waals surface area contributed by atoms with Crippen LogP contribution >= 0.6 is 0 Å². The second-order valence-electron chi connectivity index (χ2n) is 6.66. The number of nitrogens with zero attached hydrogens (tertiary/aromatic N) is 2. The first-order valence-electron chi connectivity index (χ1n) is 8.21. The van der Waals surface area contributed by atoms with Crippen LogP contribution in [-0.2, 0) is 26.0 Å². The molecule has 1 aromatic carbocycles. The van der Waals surface area contributed by atoms with E-state index in [0.29, 0.717) is 12.1 Å². The van der Waals surface area contributed by atoms with Crippen molar-refractivity contribution in [3.63, 3.8) is 0 Å². The number of benzene rings is 1. The van der Waals surface area contributed by atoms with Gasteiger partial charge in [0.2, 0.25) is 15.9 Å². The second kappa shape index (κ2) is 5.70. The van der Waals surface area contributed by atoms with Crippen molar-refractivity contribution in [3.8, 4) is 0 Å². The number of amides is 2. The van der Waals surface area contributed by atoms with Gasteiger partial charge in [-0.2, -0.15) is 0 Å². The Morgan fingerprint density at radius 2 is 2.04 bits per heavy atom. The summed E-state index contributed by atoms with van der Waals surface area (Å²) in [6.45, 7) is 0.447. The fourth-order valence-electron chi connectivity index (χ4n) is 3.23. The van der Waals surface area contributed by atoms with Crippen molar-refractivity contribution >= 4 is 27.7 Å². The Bertz CT molecular complexity index is 849. The van der Waals surface area contributed by atoms with Crippen molar-refractivity contribution in [2.75, 3.05) is 25.0 Å². The molecule has 2 fully saturated rings. The van der Waals surface area contributed by atoms with Crippen molar-refractivity contribution in [1.82, 2.24) is 9.62 Å². The van der Waals surface area contributed by atoms with Gasteiger partial charge in [0.15, 0.2) is 0 Å². The maximum Gasteiger partial charge on any atom is 0.410 e. The molecule has 1 unspecified atom stereocenters. The Labute approximate surface area is 145 Å². The van der Waals surface area contributed by atoms with Gasteiger partial charge in [0, 0.05) is 25.3 Å². The summed E-state index contributed by atoms with van der Waals surface area (Å²) >= 11 is 0. The van der Waals surface area contributed by atoms with Gasteiger partial charge in [-0.05, 0) is 36.6 Å². The van der Waals surface area contributed by atoms with Crippen LogP contribution in [0.5, 0.6) is 0 Å². The minimum Gasteiger partial charge on any atom is -0.443 e. The molecular formula is C16H19N3O5S. The molecular weight excluding hydrogens is 346 g/mol. The second-order valence-corrected chi connectivity index (χ2v) is 8.43. The zero-order chi connectivity index (χ0) is 17.8. The van der Waals surface area contributed by atoms with Crippen molar-refractivity contribution < 1.29 is 22.7 Å². The van der Waals surface area contributed by atoms with Crippen molar-refractivity contribution in [2.24, 2.45) is 0 Å². The minimum atomic E-state index is -3.73. The first-order chi connectivity index (χ1) is 11.8. The van der Waals surface area contributed by atoms with E-state index in [1.54, 1.807) is 18.0 Å². The van der Waals surface area contributed by atoms with Crippen LogP contribution in [0.15, 0.2) is 23.1 Å². The Hall–Kier alpha value is -2.13. The standard InChI is InChI=1S/C16H19N3O5S/c1-18-14-5-4-13(6-10(14)7-15(18)20)25(22,23)17-8-12-9-19(11-2-3-11)16(21)24-12/h4-6,11-12,17H,2-3,7-9H2,1H3. The molecule has 2 amide bonds. The number of nitrogens with one attached hydrogen (secondary N) is 1. The minimum absolute atomic E-state index is 0.0349. The molecule has 2 aliphatic heterocycles. The fourth-order valence-corrected chi connectivity index (χ4v) is 4.35. The molecule has 4 rings (SSSR count). The van der Waals surface area contributed by atoms with Crippen molar-refractivity contribution in [1.29, 1.82) is 0 Å². The summed E-state index contributed by atoms with van der Waals surface area (Å²) in [7, 11) is -2.07. The Morgan fingerprint density at radius 3 is 2.76 bits per heavy atom. The molecule has 134 valence electrons. The van der Waals surface area contributed by atoms with E-state index in [1.807, 2.05) is 0 Å². The average molecular weight is 365 g/mol. The molecule has 1 saturated carbocycles. The zero-order valence-electron chi connectivity index (χ0n) is 13.8. The van der Waals surface area contributed by atoms with E-state index in [0.717, 1.165) is 18.5 Å². The smallest absolute Gasteiger partial charge is 0.410 e. The van der Waals surface area contributed by atoms with Crippen molar-refractivity contribution in [3.05, 3.63) is 23.8 Å². The summed E-state index contributed by atoms with van der Waals surface area (Å²) in [6, 6.07) is 4.89. The first kappa shape index (κ1) is 16.3. The van der Waals surface area contributed by atoms with Crippen LogP contribution in [0.4, 0.5) is 10.5 Å². The molecule has 9 heteroatoms. The van der Waals surface area contributed by atoms with E-state index in [1.165, 1.54) is 17.0 Å². The molecule has 2 heterocycles. The van der Waals surface area contributed by atoms with Gasteiger partial charge in [0.05, 0.1) is 17.9 Å². The molecule has 1 aliphatic carbocycles. The number of ether oxygens (including phenoxy) is 1. The summed E-state index contributed by atoms with van der Waals surface area (Å²) in [6.07, 6.45) is 1.31. The quantitative estimate of drug-likeness (QED) is 0.818. The third-order valence-corrected chi connectivity index (χ3v) is 6.25. The highest BCUT2D eigenvalue weighted by molar-refractivity contribution is 7.89. The highest BCUT2D eigenvalue weighted by Gasteiger charge is 2.41. The molecule has 0 spiro atoms. The van der Waals surface area contributed by atoms with Gasteiger partial charge >= 0.3 is 6.09 Å². The molecule has 0 bridgehead atoms. The number of likely N-dealkylation sites (N-methyl/N-ethyl adjacent to an activating group) is 1. The van der Waals surface area contributed by atoms with Gasteiger partial charge in [-0.1, -0.05) is 0 Å². The third-order valence-electron chi connectivity index (χ3n) is 4.83. The lowest BCUT2D eigenvalue weighted by Crippen LogP contribution is -2.35. The summed E-state index contributed by atoms with van der Waals surface area (Å²) in [5, 5.41) is 0. The molecule has 8 nitrogen and oxygen atoms in total. The van der Waals surface area contributed by atoms with Gasteiger partial charge < -0.3 is 14.5 Å². The summed E-state index contributed by atoms with van der Waals surface area (Å²) in [4.78, 5) is 26.8. The molecule has 0 radical (unpaired) electrons. The molecule has 1 aromatic rings. The maximum absolute atomic E-state index is 12.5. The Balaban J connectivity index is 1.43. The number of hydrogen-bond donors (Lipinski definition) is 1. The number of hydrogen-bond acceptors (Lipinski definition) is 5. The molecule has 0 aromatic heterocycles. The number of sulfonamides is 1. The van der Waals surface area contributed by atoms with Crippen LogP contribution < -0.4 is 9.62 Å². The topological polar surface area (TPSA) is 96.0 Å². The summed E-state index contributed by atoms with van der Waals surface area (Å²) in [5.74, 6) is -0.0597. The Morgan fingerprint density at radius 1 is 1.28 bits per heavy atom. The monoisotopic (exact) mass is 365 g/mol. The Kier molecular flexibility index (Phi) is 3.73. The van der Waals surface area contributed by atoms with E-state index < -0.39 is 16.1 Å². The highest BCUT2D eigenvalue weighted by Crippen LogP contribution is 2.31. The lowest BCUT2D eigenvalue weighted by atomic mass is 10.2. The van der Waals surface area contributed by atoms with Crippen LogP contribution in [0.1, 0.15) is 18.4 Å². The van der Waals surface area contributed by atoms with Gasteiger partial charge in [-0.15, -0.1) is 0 Å². The molecule has 1 atom stereocenters. The molecule has 1 saturated heterocycles. The zero-order valence-corrected chi connectivity index (χ0v) is 14.6. The predicted octanol–water partition coefficient (Wildman–Crippen LogP) is 0.467. The number of carbonyl (C=O) groups is 2. The van der Waals surface area contributed by atoms with Crippen LogP contribution in [0.3, 0.4) is 0 Å². The summed E-state index contributed by atoms with van der Waals surface area (Å²) in [5.41, 5.74) is 1.43. The van der Waals surface area contributed by atoms with E-state index in [-0.39, 0.29) is 35.9 Å². The summed E-state index contributed by atoms with van der Waals surface area (Å²) < 4.78 is 32.7. The number of cyclic esters (lactones) is 1. The normalized spacial score (nSPS) is 23.2. The van der Waals surface area contributed by atoms with Crippen LogP contribution in [0.2, 0.25) is 0 Å². The largest absolute Gasteiger partial charge is 0.443 e. The predicted molar refractivity (Wildman–Crippen MR) is 88.7 cm³/mol. The SMILES string of the molecule is CN1C(=O)Cc2cc(S(=O)(=O)NCC3CN(C4CC4)C(=O)O3)ccc21. The van der Waals surface area contributed by atoms with E-state index in [9.17, 15) is 18.0 Å². The maximum atomic E-state index is 12.5. The van der Waals surface area contributed by atoms with E-state index >= 15 is 0 Å². The van der Waals surface area contributed by atoms with Gasteiger partial charge in [0.1, 0.15) is 6.10 Å². The molecule has 3 aliphatic rings. The van der Waals surface area contributed by atoms with E-state index in [4.69, 9.17) is 4.74 Å². The van der Waals surface area contributed by atoms with Gasteiger partial charge in [-0.25, -0.2) is 17.9 Å². The molecule has 25 heavy (non-hydrogen) atoms. The van der Waals surface area contributed by atoms with Crippen molar-refractivity contribution in [2.45, 2.75) is 36.3 Å². The van der Waals surface area contributed by atoms with E-state index in [2.05, 4.69) is 4.72 Å². The van der Waals surface area contributed by atoms with Gasteiger partial charge in [0.25, 0.3) is 0 Å². The first-order valence-corrected chi connectivity index (χ1v) is 9.70. The van der Waals surface area contributed by atoms with Gasteiger partial charge in [-0.3, -0.25) is 4.79 Å².